The second kappa shape index (κ2) is 9.37. The number of hydrogen-bond acceptors (Lipinski definition) is 8. The van der Waals surface area contributed by atoms with Crippen LogP contribution in [0.1, 0.15) is 60.5 Å². The van der Waals surface area contributed by atoms with Crippen molar-refractivity contribution in [3.05, 3.63) is 51.5 Å². The maximum atomic E-state index is 13.7. The van der Waals surface area contributed by atoms with Gasteiger partial charge >= 0.3 is 0 Å². The van der Waals surface area contributed by atoms with E-state index < -0.39 is 58.0 Å². The summed E-state index contributed by atoms with van der Waals surface area (Å²) in [5, 5.41) is 44.3. The Morgan fingerprint density at radius 1 is 1.14 bits per heavy atom. The van der Waals surface area contributed by atoms with Crippen molar-refractivity contribution in [3.63, 3.8) is 0 Å². The molecule has 6 N–H and O–H groups in total. The van der Waals surface area contributed by atoms with Crippen molar-refractivity contribution >= 4 is 17.5 Å². The molecule has 0 bridgehead atoms. The Balaban J connectivity index is 1.85. The highest BCUT2D eigenvalue weighted by atomic mass is 16.3. The molecule has 9 heteroatoms. The number of fused-ring (bicyclic) bond motifs is 3. The second-order valence-corrected chi connectivity index (χ2v) is 10.4. The van der Waals surface area contributed by atoms with Crippen molar-refractivity contribution in [1.29, 1.82) is 0 Å². The fourth-order valence-electron chi connectivity index (χ4n) is 6.29. The topological polar surface area (TPSA) is 161 Å². The van der Waals surface area contributed by atoms with E-state index in [0.717, 1.165) is 37.7 Å². The third kappa shape index (κ3) is 3.72. The summed E-state index contributed by atoms with van der Waals surface area (Å²) >= 11 is 0. The smallest absolute Gasteiger partial charge is 0.255 e. The van der Waals surface area contributed by atoms with Crippen LogP contribution in [0.5, 0.6) is 5.75 Å². The van der Waals surface area contributed by atoms with E-state index >= 15 is 0 Å². The average Bonchev–Trinajstić information content (AvgIpc) is 2.80. The van der Waals surface area contributed by atoms with Gasteiger partial charge in [-0.25, -0.2) is 0 Å². The number of likely N-dealkylation sites (N-methyl/N-ethyl adjacent to an activating group) is 1. The van der Waals surface area contributed by atoms with Crippen LogP contribution in [0.2, 0.25) is 0 Å². The predicted molar refractivity (Wildman–Crippen MR) is 132 cm³/mol. The minimum atomic E-state index is -2.61. The minimum absolute atomic E-state index is 0.0729. The van der Waals surface area contributed by atoms with E-state index in [-0.39, 0.29) is 23.3 Å². The maximum Gasteiger partial charge on any atom is 0.255 e. The Morgan fingerprint density at radius 2 is 1.83 bits per heavy atom. The number of phenolic OH excluding ortho intramolecular Hbond substituents is 1. The SMILES string of the molecule is CCCCCCc1ccc(O)c2c1C[C@H]1C[C@H]3[C@@H](N(C)C)C(O)=C(C(N)=O)C(=O)[C@]3(O)C(O)=C1C2=O. The molecule has 0 unspecified atom stereocenters. The van der Waals surface area contributed by atoms with Crippen LogP contribution in [0.4, 0.5) is 0 Å². The number of ketones is 2. The molecule has 0 fully saturated rings. The standard InChI is InChI=1S/C27H34N2O7/c1-4-5-6-7-8-13-9-10-17(30)19-15(13)11-14-12-16-21(29(2)3)23(32)20(26(28)35)25(34)27(16,36)24(33)18(14)22(19)31/h9-10,14,16,21,30,32-33,36H,4-8,11-12H2,1-3H3,(H2,28,35)/t14-,16-,21+,27+/m0/s1. The van der Waals surface area contributed by atoms with Gasteiger partial charge < -0.3 is 26.2 Å². The van der Waals surface area contributed by atoms with Crippen LogP contribution in [0.15, 0.2) is 34.8 Å². The van der Waals surface area contributed by atoms with Crippen LogP contribution in [-0.2, 0) is 22.4 Å². The highest BCUT2D eigenvalue weighted by Gasteiger charge is 2.63. The quantitative estimate of drug-likeness (QED) is 0.282. The molecule has 4 rings (SSSR count). The van der Waals surface area contributed by atoms with Gasteiger partial charge in [0, 0.05) is 11.5 Å². The van der Waals surface area contributed by atoms with Crippen molar-refractivity contribution in [1.82, 2.24) is 4.90 Å². The lowest BCUT2D eigenvalue weighted by Crippen LogP contribution is -2.63. The Labute approximate surface area is 209 Å². The number of primary amides is 1. The van der Waals surface area contributed by atoms with Gasteiger partial charge in [0.25, 0.3) is 5.91 Å². The van der Waals surface area contributed by atoms with Gasteiger partial charge in [0.05, 0.1) is 11.6 Å². The minimum Gasteiger partial charge on any atom is -0.510 e. The number of allylic oxidation sites excluding steroid dienone is 1. The number of aliphatic hydroxyl groups excluding tert-OH is 2. The van der Waals surface area contributed by atoms with Crippen LogP contribution in [0.3, 0.4) is 0 Å². The Morgan fingerprint density at radius 3 is 2.44 bits per heavy atom. The number of unbranched alkanes of at least 4 members (excludes halogenated alkanes) is 3. The van der Waals surface area contributed by atoms with Gasteiger partial charge in [-0.1, -0.05) is 32.3 Å². The second-order valence-electron chi connectivity index (χ2n) is 10.4. The number of nitrogens with two attached hydrogens (primary N) is 1. The lowest BCUT2D eigenvalue weighted by molar-refractivity contribution is -0.148. The number of carbonyl (C=O) groups is 3. The molecule has 1 amide bonds. The number of phenols is 1. The highest BCUT2D eigenvalue weighted by molar-refractivity contribution is 6.24. The Bertz CT molecular complexity index is 1200. The number of hydrogen-bond donors (Lipinski definition) is 5. The molecule has 3 aliphatic carbocycles. The molecule has 4 atom stereocenters. The molecule has 9 nitrogen and oxygen atoms in total. The largest absolute Gasteiger partial charge is 0.510 e. The summed E-state index contributed by atoms with van der Waals surface area (Å²) in [5.41, 5.74) is 3.54. The molecule has 0 spiro atoms. The van der Waals surface area contributed by atoms with E-state index in [1.807, 2.05) is 6.07 Å². The zero-order chi connectivity index (χ0) is 26.5. The van der Waals surface area contributed by atoms with Gasteiger partial charge in [-0.05, 0) is 62.9 Å². The Hall–Kier alpha value is -3.17. The molecular formula is C27H34N2O7. The van der Waals surface area contributed by atoms with Crippen LogP contribution < -0.4 is 5.73 Å². The summed E-state index contributed by atoms with van der Waals surface area (Å²) in [4.78, 5) is 40.5. The van der Waals surface area contributed by atoms with Crippen molar-refractivity contribution in [2.45, 2.75) is 63.5 Å². The van der Waals surface area contributed by atoms with E-state index in [2.05, 4.69) is 6.92 Å². The first-order valence-electron chi connectivity index (χ1n) is 12.4. The fourth-order valence-corrected chi connectivity index (χ4v) is 6.29. The third-order valence-electron chi connectivity index (χ3n) is 8.00. The van der Waals surface area contributed by atoms with Gasteiger partial charge in [-0.2, -0.15) is 0 Å². The van der Waals surface area contributed by atoms with Crippen LogP contribution in [0, 0.1) is 11.8 Å². The molecule has 0 saturated carbocycles. The number of aliphatic hydroxyl groups is 3. The van der Waals surface area contributed by atoms with Crippen LogP contribution >= 0.6 is 0 Å². The molecule has 0 aromatic heterocycles. The van der Waals surface area contributed by atoms with Crippen molar-refractivity contribution in [2.24, 2.45) is 17.6 Å². The Kier molecular flexibility index (Phi) is 6.74. The number of carbonyl (C=O) groups excluding carboxylic acids is 3. The lowest BCUT2D eigenvalue weighted by atomic mass is 9.58. The van der Waals surface area contributed by atoms with Crippen molar-refractivity contribution < 1.29 is 34.8 Å². The van der Waals surface area contributed by atoms with E-state index in [4.69, 9.17) is 5.73 Å². The van der Waals surface area contributed by atoms with Gasteiger partial charge in [-0.15, -0.1) is 0 Å². The van der Waals surface area contributed by atoms with Crippen molar-refractivity contribution in [3.8, 4) is 5.75 Å². The number of amides is 1. The molecule has 36 heavy (non-hydrogen) atoms. The lowest BCUT2D eigenvalue weighted by Gasteiger charge is -2.50. The molecule has 0 heterocycles. The number of Topliss-reactive ketones (excluding diaryl/α,β-unsaturated/α-hetero) is 2. The third-order valence-corrected chi connectivity index (χ3v) is 8.00. The van der Waals surface area contributed by atoms with Gasteiger partial charge in [0.2, 0.25) is 5.78 Å². The molecule has 3 aliphatic rings. The summed E-state index contributed by atoms with van der Waals surface area (Å²) in [6, 6.07) is 2.29. The number of aryl methyl sites for hydroxylation is 1. The summed E-state index contributed by atoms with van der Waals surface area (Å²) in [6.07, 6.45) is 5.34. The van der Waals surface area contributed by atoms with Crippen LogP contribution in [-0.4, -0.2) is 68.5 Å². The molecule has 194 valence electrons. The maximum absolute atomic E-state index is 13.7. The van der Waals surface area contributed by atoms with Crippen LogP contribution in [0.25, 0.3) is 0 Å². The van der Waals surface area contributed by atoms with E-state index in [0.29, 0.717) is 12.0 Å². The predicted octanol–water partition coefficient (Wildman–Crippen LogP) is 2.24. The van der Waals surface area contributed by atoms with Gasteiger partial charge in [-0.3, -0.25) is 19.3 Å². The summed E-state index contributed by atoms with van der Waals surface area (Å²) in [6.45, 7) is 2.13. The fraction of sp³-hybridized carbons (Fsp3) is 0.519. The summed E-state index contributed by atoms with van der Waals surface area (Å²) in [7, 11) is 3.22. The molecule has 0 aliphatic heterocycles. The first kappa shape index (κ1) is 25.9. The zero-order valence-corrected chi connectivity index (χ0v) is 20.9. The van der Waals surface area contributed by atoms with Gasteiger partial charge in [0.1, 0.15) is 22.8 Å². The normalized spacial score (nSPS) is 27.8. The molecule has 0 saturated heterocycles. The van der Waals surface area contributed by atoms with E-state index in [9.17, 15) is 34.8 Å². The number of aromatic hydroxyl groups is 1. The average molecular weight is 499 g/mol. The first-order chi connectivity index (χ1) is 17.0. The number of benzene rings is 1. The number of rotatable bonds is 7. The highest BCUT2D eigenvalue weighted by Crippen LogP contribution is 2.52. The van der Waals surface area contributed by atoms with E-state index in [1.165, 1.54) is 6.07 Å². The summed E-state index contributed by atoms with van der Waals surface area (Å²) < 4.78 is 0. The molecule has 0 radical (unpaired) electrons. The van der Waals surface area contributed by atoms with E-state index in [1.54, 1.807) is 19.0 Å². The number of nitrogens with zero attached hydrogens (tertiary/aromatic N) is 1. The summed E-state index contributed by atoms with van der Waals surface area (Å²) in [5.74, 6) is -6.31. The first-order valence-corrected chi connectivity index (χ1v) is 12.4. The zero-order valence-electron chi connectivity index (χ0n) is 20.9. The molecule has 1 aromatic rings. The molecular weight excluding hydrogens is 464 g/mol. The van der Waals surface area contributed by atoms with Crippen molar-refractivity contribution in [2.75, 3.05) is 14.1 Å². The van der Waals surface area contributed by atoms with Gasteiger partial charge in [0.15, 0.2) is 11.4 Å². The monoisotopic (exact) mass is 498 g/mol. The molecule has 1 aromatic carbocycles.